The second kappa shape index (κ2) is 6.47. The summed E-state index contributed by atoms with van der Waals surface area (Å²) in [6.45, 7) is 5.21. The molecule has 1 fully saturated rings. The lowest BCUT2D eigenvalue weighted by atomic mass is 9.94. The van der Waals surface area contributed by atoms with Gasteiger partial charge >= 0.3 is 0 Å². The lowest BCUT2D eigenvalue weighted by molar-refractivity contribution is -0.131. The number of nitrogens with one attached hydrogen (secondary N) is 1. The van der Waals surface area contributed by atoms with Crippen LogP contribution in [0.25, 0.3) is 0 Å². The molecule has 1 aliphatic rings. The molecule has 1 aliphatic heterocycles. The third-order valence-corrected chi connectivity index (χ3v) is 2.94. The molecule has 15 heavy (non-hydrogen) atoms. The van der Waals surface area contributed by atoms with Gasteiger partial charge < -0.3 is 10.2 Å². The number of amides is 1. The SMILES string of the molecule is C#CCN(CC)C(=O)CC1CCNCC1. The lowest BCUT2D eigenvalue weighted by Gasteiger charge is -2.25. The van der Waals surface area contributed by atoms with Crippen LogP contribution >= 0.6 is 0 Å². The van der Waals surface area contributed by atoms with Crippen LogP contribution in [0.1, 0.15) is 26.2 Å². The highest BCUT2D eigenvalue weighted by molar-refractivity contribution is 5.76. The van der Waals surface area contributed by atoms with Gasteiger partial charge in [0.1, 0.15) is 0 Å². The minimum atomic E-state index is 0.211. The topological polar surface area (TPSA) is 32.3 Å². The van der Waals surface area contributed by atoms with Crippen LogP contribution in [0.5, 0.6) is 0 Å². The third-order valence-electron chi connectivity index (χ3n) is 2.94. The summed E-state index contributed by atoms with van der Waals surface area (Å²) in [6.07, 6.45) is 8.11. The number of hydrogen-bond donors (Lipinski definition) is 1. The van der Waals surface area contributed by atoms with Crippen molar-refractivity contribution in [2.24, 2.45) is 5.92 Å². The largest absolute Gasteiger partial charge is 0.332 e. The van der Waals surface area contributed by atoms with Crippen molar-refractivity contribution in [2.45, 2.75) is 26.2 Å². The van der Waals surface area contributed by atoms with Gasteiger partial charge in [-0.05, 0) is 38.8 Å². The van der Waals surface area contributed by atoms with Crippen molar-refractivity contribution < 1.29 is 4.79 Å². The summed E-state index contributed by atoms with van der Waals surface area (Å²) in [5.41, 5.74) is 0. The molecular weight excluding hydrogens is 188 g/mol. The first-order chi connectivity index (χ1) is 7.27. The second-order valence-electron chi connectivity index (χ2n) is 4.01. The highest BCUT2D eigenvalue weighted by Crippen LogP contribution is 2.16. The predicted octanol–water partition coefficient (Wildman–Crippen LogP) is 0.858. The minimum absolute atomic E-state index is 0.211. The Labute approximate surface area is 92.2 Å². The van der Waals surface area contributed by atoms with Gasteiger partial charge in [-0.15, -0.1) is 6.42 Å². The molecule has 0 bridgehead atoms. The van der Waals surface area contributed by atoms with Crippen LogP contribution in [0.15, 0.2) is 0 Å². The minimum Gasteiger partial charge on any atom is -0.332 e. The Morgan fingerprint density at radius 1 is 1.53 bits per heavy atom. The van der Waals surface area contributed by atoms with Crippen molar-refractivity contribution in [3.05, 3.63) is 0 Å². The van der Waals surface area contributed by atoms with Gasteiger partial charge in [0.15, 0.2) is 0 Å². The van der Waals surface area contributed by atoms with Crippen molar-refractivity contribution in [3.63, 3.8) is 0 Å². The standard InChI is InChI=1S/C12H20N2O/c1-3-9-14(4-2)12(15)10-11-5-7-13-8-6-11/h1,11,13H,4-10H2,2H3. The van der Waals surface area contributed by atoms with E-state index in [2.05, 4.69) is 11.2 Å². The lowest BCUT2D eigenvalue weighted by Crippen LogP contribution is -2.35. The van der Waals surface area contributed by atoms with Crippen LogP contribution in [-0.2, 0) is 4.79 Å². The maximum atomic E-state index is 11.8. The maximum Gasteiger partial charge on any atom is 0.223 e. The van der Waals surface area contributed by atoms with Gasteiger partial charge in [0.05, 0.1) is 6.54 Å². The normalized spacial score (nSPS) is 17.1. The van der Waals surface area contributed by atoms with Crippen LogP contribution in [0.3, 0.4) is 0 Å². The van der Waals surface area contributed by atoms with E-state index < -0.39 is 0 Å². The van der Waals surface area contributed by atoms with Gasteiger partial charge in [-0.2, -0.15) is 0 Å². The summed E-state index contributed by atoms with van der Waals surface area (Å²) in [5.74, 6) is 3.29. The van der Waals surface area contributed by atoms with E-state index in [-0.39, 0.29) is 5.91 Å². The van der Waals surface area contributed by atoms with Gasteiger partial charge in [-0.3, -0.25) is 4.79 Å². The number of carbonyl (C=O) groups is 1. The van der Waals surface area contributed by atoms with E-state index in [9.17, 15) is 4.79 Å². The van der Waals surface area contributed by atoms with Crippen molar-refractivity contribution in [2.75, 3.05) is 26.2 Å². The molecule has 0 aromatic heterocycles. The molecule has 1 rings (SSSR count). The van der Waals surface area contributed by atoms with E-state index >= 15 is 0 Å². The van der Waals surface area contributed by atoms with Crippen molar-refractivity contribution in [1.29, 1.82) is 0 Å². The van der Waals surface area contributed by atoms with Crippen LogP contribution in [0.2, 0.25) is 0 Å². The van der Waals surface area contributed by atoms with Gasteiger partial charge in [0.25, 0.3) is 0 Å². The van der Waals surface area contributed by atoms with E-state index in [4.69, 9.17) is 6.42 Å². The van der Waals surface area contributed by atoms with Gasteiger partial charge in [-0.1, -0.05) is 5.92 Å². The first-order valence-electron chi connectivity index (χ1n) is 5.69. The van der Waals surface area contributed by atoms with Crippen LogP contribution < -0.4 is 5.32 Å². The van der Waals surface area contributed by atoms with E-state index in [1.54, 1.807) is 4.90 Å². The second-order valence-corrected chi connectivity index (χ2v) is 4.01. The zero-order valence-electron chi connectivity index (χ0n) is 9.46. The summed E-state index contributed by atoms with van der Waals surface area (Å²) < 4.78 is 0. The van der Waals surface area contributed by atoms with Gasteiger partial charge in [-0.25, -0.2) is 0 Å². The fourth-order valence-corrected chi connectivity index (χ4v) is 1.95. The number of nitrogens with zero attached hydrogens (tertiary/aromatic N) is 1. The van der Waals surface area contributed by atoms with Crippen molar-refractivity contribution >= 4 is 5.91 Å². The third kappa shape index (κ3) is 3.93. The predicted molar refractivity (Wildman–Crippen MR) is 61.3 cm³/mol. The average molecular weight is 208 g/mol. The fourth-order valence-electron chi connectivity index (χ4n) is 1.95. The first-order valence-corrected chi connectivity index (χ1v) is 5.69. The van der Waals surface area contributed by atoms with E-state index in [0.717, 1.165) is 25.9 Å². The number of terminal acetylenes is 1. The summed E-state index contributed by atoms with van der Waals surface area (Å²) in [7, 11) is 0. The molecule has 0 aromatic carbocycles. The molecular formula is C12H20N2O. The Balaban J connectivity index is 2.35. The summed E-state index contributed by atoms with van der Waals surface area (Å²) in [5, 5.41) is 3.30. The van der Waals surface area contributed by atoms with E-state index in [1.807, 2.05) is 6.92 Å². The van der Waals surface area contributed by atoms with Gasteiger partial charge in [0, 0.05) is 13.0 Å². The molecule has 3 heteroatoms. The van der Waals surface area contributed by atoms with Crippen LogP contribution in [0.4, 0.5) is 0 Å². The number of rotatable bonds is 4. The Hall–Kier alpha value is -1.01. The van der Waals surface area contributed by atoms with Crippen LogP contribution in [-0.4, -0.2) is 37.0 Å². The Morgan fingerprint density at radius 2 is 2.20 bits per heavy atom. The molecule has 3 nitrogen and oxygen atoms in total. The van der Waals surface area contributed by atoms with Crippen molar-refractivity contribution in [1.82, 2.24) is 10.2 Å². The van der Waals surface area contributed by atoms with Crippen LogP contribution in [0, 0.1) is 18.3 Å². The molecule has 0 radical (unpaired) electrons. The van der Waals surface area contributed by atoms with E-state index in [0.29, 0.717) is 25.4 Å². The molecule has 1 amide bonds. The molecule has 1 heterocycles. The van der Waals surface area contributed by atoms with Crippen molar-refractivity contribution in [3.8, 4) is 12.3 Å². The monoisotopic (exact) mass is 208 g/mol. The zero-order chi connectivity index (χ0) is 11.1. The first kappa shape index (κ1) is 12.1. The Morgan fingerprint density at radius 3 is 2.73 bits per heavy atom. The highest BCUT2D eigenvalue weighted by Gasteiger charge is 2.19. The molecule has 84 valence electrons. The average Bonchev–Trinajstić information content (AvgIpc) is 2.27. The maximum absolute atomic E-state index is 11.8. The fraction of sp³-hybridized carbons (Fsp3) is 0.750. The molecule has 0 aliphatic carbocycles. The smallest absolute Gasteiger partial charge is 0.223 e. The van der Waals surface area contributed by atoms with E-state index in [1.165, 1.54) is 0 Å². The Kier molecular flexibility index (Phi) is 5.20. The highest BCUT2D eigenvalue weighted by atomic mass is 16.2. The van der Waals surface area contributed by atoms with Gasteiger partial charge in [0.2, 0.25) is 5.91 Å². The molecule has 1 saturated heterocycles. The molecule has 1 N–H and O–H groups in total. The molecule has 0 unspecified atom stereocenters. The number of piperidine rings is 1. The molecule has 0 aromatic rings. The molecule has 0 atom stereocenters. The quantitative estimate of drug-likeness (QED) is 0.695. The summed E-state index contributed by atoms with van der Waals surface area (Å²) in [6, 6.07) is 0. The molecule has 0 saturated carbocycles. The summed E-state index contributed by atoms with van der Waals surface area (Å²) >= 11 is 0. The summed E-state index contributed by atoms with van der Waals surface area (Å²) in [4.78, 5) is 13.6. The molecule has 0 spiro atoms. The Bertz CT molecular complexity index is 238. The number of hydrogen-bond acceptors (Lipinski definition) is 2. The number of carbonyl (C=O) groups excluding carboxylic acids is 1. The zero-order valence-corrected chi connectivity index (χ0v) is 9.46.